The third kappa shape index (κ3) is 3.74. The smallest absolute Gasteiger partial charge is 0.321 e. The van der Waals surface area contributed by atoms with Gasteiger partial charge in [0, 0.05) is 13.5 Å². The number of carbonyl (C=O) groups is 2. The number of rotatable bonds is 2. The Morgan fingerprint density at radius 2 is 2.00 bits per heavy atom. The molecule has 0 aromatic heterocycles. The van der Waals surface area contributed by atoms with E-state index in [1.54, 1.807) is 0 Å². The second-order valence-electron chi connectivity index (χ2n) is 3.52. The van der Waals surface area contributed by atoms with Crippen molar-refractivity contribution in [3.05, 3.63) is 0 Å². The Hall–Kier alpha value is -1.10. The second kappa shape index (κ2) is 5.59. The largest absolute Gasteiger partial charge is 0.341 e. The van der Waals surface area contributed by atoms with Gasteiger partial charge in [0.25, 0.3) is 0 Å². The van der Waals surface area contributed by atoms with Crippen LogP contribution in [-0.4, -0.2) is 32.1 Å². The highest BCUT2D eigenvalue weighted by Crippen LogP contribution is 2.15. The highest BCUT2D eigenvalue weighted by molar-refractivity contribution is 5.94. The first-order valence-electron chi connectivity index (χ1n) is 4.94. The van der Waals surface area contributed by atoms with Crippen LogP contribution in [-0.2, 0) is 4.79 Å². The van der Waals surface area contributed by atoms with Crippen molar-refractivity contribution < 1.29 is 9.59 Å². The molecule has 3 amide bonds. The first-order valence-corrected chi connectivity index (χ1v) is 4.94. The molecule has 0 aromatic rings. The Morgan fingerprint density at radius 3 is 2.57 bits per heavy atom. The summed E-state index contributed by atoms with van der Waals surface area (Å²) in [6.45, 7) is 1.94. The number of nitrogens with one attached hydrogen (secondary N) is 3. The lowest BCUT2D eigenvalue weighted by Gasteiger charge is -2.21. The molecule has 1 aliphatic rings. The molecule has 1 fully saturated rings. The number of hydrogen-bond donors (Lipinski definition) is 3. The first-order chi connectivity index (χ1) is 6.72. The standard InChI is InChI=1S/C9H17N3O2/c1-10-9(14)12-8(13)6-7-2-4-11-5-3-7/h7,11H,2-6H2,1H3,(H2,10,12,13,14). The van der Waals surface area contributed by atoms with E-state index in [2.05, 4.69) is 16.0 Å². The fraction of sp³-hybridized carbons (Fsp3) is 0.778. The number of piperidine rings is 1. The van der Waals surface area contributed by atoms with E-state index in [-0.39, 0.29) is 5.91 Å². The van der Waals surface area contributed by atoms with Gasteiger partial charge in [-0.05, 0) is 31.8 Å². The van der Waals surface area contributed by atoms with E-state index in [1.807, 2.05) is 0 Å². The molecular formula is C9H17N3O2. The van der Waals surface area contributed by atoms with Crippen molar-refractivity contribution in [2.75, 3.05) is 20.1 Å². The molecule has 0 aromatic carbocycles. The van der Waals surface area contributed by atoms with Crippen LogP contribution in [0.5, 0.6) is 0 Å². The molecule has 0 bridgehead atoms. The lowest BCUT2D eigenvalue weighted by atomic mass is 9.94. The third-order valence-corrected chi connectivity index (χ3v) is 2.41. The van der Waals surface area contributed by atoms with Gasteiger partial charge in [0.05, 0.1) is 0 Å². The number of imide groups is 1. The molecule has 3 N–H and O–H groups in total. The van der Waals surface area contributed by atoms with Gasteiger partial charge in [0.1, 0.15) is 0 Å². The molecular weight excluding hydrogens is 182 g/mol. The molecule has 1 saturated heterocycles. The Balaban J connectivity index is 2.21. The predicted octanol–water partition coefficient (Wildman–Crippen LogP) is -0.168. The van der Waals surface area contributed by atoms with E-state index in [4.69, 9.17) is 0 Å². The van der Waals surface area contributed by atoms with E-state index in [0.717, 1.165) is 25.9 Å². The zero-order valence-electron chi connectivity index (χ0n) is 8.43. The summed E-state index contributed by atoms with van der Waals surface area (Å²) in [5.74, 6) is 0.233. The van der Waals surface area contributed by atoms with Crippen molar-refractivity contribution in [3.63, 3.8) is 0 Å². The van der Waals surface area contributed by atoms with Crippen LogP contribution in [0.2, 0.25) is 0 Å². The fourth-order valence-corrected chi connectivity index (χ4v) is 1.59. The Kier molecular flexibility index (Phi) is 4.39. The van der Waals surface area contributed by atoms with Crippen molar-refractivity contribution in [2.45, 2.75) is 19.3 Å². The highest BCUT2D eigenvalue weighted by Gasteiger charge is 2.17. The molecule has 0 radical (unpaired) electrons. The minimum atomic E-state index is -0.427. The average molecular weight is 199 g/mol. The topological polar surface area (TPSA) is 70.2 Å². The van der Waals surface area contributed by atoms with E-state index in [1.165, 1.54) is 7.05 Å². The first kappa shape index (κ1) is 11.0. The third-order valence-electron chi connectivity index (χ3n) is 2.41. The summed E-state index contributed by atoms with van der Waals surface area (Å²) in [6, 6.07) is -0.427. The SMILES string of the molecule is CNC(=O)NC(=O)CC1CCNCC1. The minimum Gasteiger partial charge on any atom is -0.341 e. The normalized spacial score (nSPS) is 17.5. The van der Waals surface area contributed by atoms with Crippen LogP contribution < -0.4 is 16.0 Å². The molecule has 0 aliphatic carbocycles. The van der Waals surface area contributed by atoms with Gasteiger partial charge in [0.15, 0.2) is 0 Å². The van der Waals surface area contributed by atoms with Crippen LogP contribution in [0.1, 0.15) is 19.3 Å². The molecule has 5 nitrogen and oxygen atoms in total. The molecule has 0 unspecified atom stereocenters. The monoisotopic (exact) mass is 199 g/mol. The molecule has 5 heteroatoms. The summed E-state index contributed by atoms with van der Waals surface area (Å²) >= 11 is 0. The van der Waals surface area contributed by atoms with Gasteiger partial charge < -0.3 is 10.6 Å². The van der Waals surface area contributed by atoms with Crippen molar-refractivity contribution in [1.82, 2.24) is 16.0 Å². The quantitative estimate of drug-likeness (QED) is 0.578. The summed E-state index contributed by atoms with van der Waals surface area (Å²) in [4.78, 5) is 22.1. The zero-order chi connectivity index (χ0) is 10.4. The van der Waals surface area contributed by atoms with Crippen LogP contribution in [0.3, 0.4) is 0 Å². The summed E-state index contributed by atoms with van der Waals surface area (Å²) in [5.41, 5.74) is 0. The van der Waals surface area contributed by atoms with Crippen molar-refractivity contribution >= 4 is 11.9 Å². The van der Waals surface area contributed by atoms with Crippen LogP contribution in [0, 0.1) is 5.92 Å². The lowest BCUT2D eigenvalue weighted by molar-refractivity contribution is -0.121. The van der Waals surface area contributed by atoms with Gasteiger partial charge in [-0.1, -0.05) is 0 Å². The summed E-state index contributed by atoms with van der Waals surface area (Å²) in [7, 11) is 1.49. The molecule has 1 rings (SSSR count). The molecule has 0 spiro atoms. The Labute approximate surface area is 83.6 Å². The van der Waals surface area contributed by atoms with Crippen molar-refractivity contribution in [1.29, 1.82) is 0 Å². The maximum Gasteiger partial charge on any atom is 0.321 e. The van der Waals surface area contributed by atoms with E-state index < -0.39 is 6.03 Å². The lowest BCUT2D eigenvalue weighted by Crippen LogP contribution is -2.39. The van der Waals surface area contributed by atoms with Crippen LogP contribution >= 0.6 is 0 Å². The summed E-state index contributed by atoms with van der Waals surface area (Å²) in [6.07, 6.45) is 2.48. The van der Waals surface area contributed by atoms with Crippen LogP contribution in [0.15, 0.2) is 0 Å². The average Bonchev–Trinajstić information content (AvgIpc) is 2.19. The maximum absolute atomic E-state index is 11.3. The number of carbonyl (C=O) groups excluding carboxylic acids is 2. The van der Waals surface area contributed by atoms with E-state index in [9.17, 15) is 9.59 Å². The van der Waals surface area contributed by atoms with Gasteiger partial charge in [-0.3, -0.25) is 10.1 Å². The zero-order valence-corrected chi connectivity index (χ0v) is 8.43. The number of amides is 3. The summed E-state index contributed by atoms with van der Waals surface area (Å²) < 4.78 is 0. The van der Waals surface area contributed by atoms with Gasteiger partial charge in [-0.15, -0.1) is 0 Å². The molecule has 80 valence electrons. The summed E-state index contributed by atoms with van der Waals surface area (Å²) in [5, 5.41) is 7.85. The van der Waals surface area contributed by atoms with Gasteiger partial charge in [-0.25, -0.2) is 4.79 Å². The Bertz CT molecular complexity index is 212. The molecule has 0 atom stereocenters. The molecule has 1 heterocycles. The molecule has 1 aliphatic heterocycles. The van der Waals surface area contributed by atoms with Gasteiger partial charge in [0.2, 0.25) is 5.91 Å². The van der Waals surface area contributed by atoms with Crippen LogP contribution in [0.4, 0.5) is 4.79 Å². The number of hydrogen-bond acceptors (Lipinski definition) is 3. The second-order valence-corrected chi connectivity index (χ2v) is 3.52. The fourth-order valence-electron chi connectivity index (χ4n) is 1.59. The van der Waals surface area contributed by atoms with E-state index in [0.29, 0.717) is 12.3 Å². The molecule has 14 heavy (non-hydrogen) atoms. The number of urea groups is 1. The predicted molar refractivity (Wildman–Crippen MR) is 52.8 cm³/mol. The van der Waals surface area contributed by atoms with Crippen LogP contribution in [0.25, 0.3) is 0 Å². The maximum atomic E-state index is 11.3. The van der Waals surface area contributed by atoms with Crippen molar-refractivity contribution in [3.8, 4) is 0 Å². The van der Waals surface area contributed by atoms with E-state index >= 15 is 0 Å². The minimum absolute atomic E-state index is 0.184. The molecule has 0 saturated carbocycles. The highest BCUT2D eigenvalue weighted by atomic mass is 16.2. The Morgan fingerprint density at radius 1 is 1.36 bits per heavy atom. The van der Waals surface area contributed by atoms with Gasteiger partial charge >= 0.3 is 6.03 Å². The van der Waals surface area contributed by atoms with Crippen molar-refractivity contribution in [2.24, 2.45) is 5.92 Å². The van der Waals surface area contributed by atoms with Gasteiger partial charge in [-0.2, -0.15) is 0 Å².